The Labute approximate surface area is 119 Å². The number of carbonyl (C=O) groups excluding carboxylic acids is 2. The summed E-state index contributed by atoms with van der Waals surface area (Å²) >= 11 is 0. The fraction of sp³-hybridized carbons (Fsp3) is 0.308. The first-order valence-corrected chi connectivity index (χ1v) is 5.92. The van der Waals surface area contributed by atoms with Crippen LogP contribution in [-0.2, 0) is 23.9 Å². The highest BCUT2D eigenvalue weighted by atomic mass is 19.1. The monoisotopic (exact) mass is 297 g/mol. The molecule has 2 atom stereocenters. The molecule has 0 saturated heterocycles. The lowest BCUT2D eigenvalue weighted by Crippen LogP contribution is -2.33. The minimum absolute atomic E-state index is 0.0680. The second-order valence-corrected chi connectivity index (χ2v) is 4.21. The molecule has 0 N–H and O–H groups in total. The summed E-state index contributed by atoms with van der Waals surface area (Å²) in [6, 6.07) is 4.99. The van der Waals surface area contributed by atoms with Crippen LogP contribution in [0.1, 0.15) is 11.5 Å². The van der Waals surface area contributed by atoms with Gasteiger partial charge in [0.15, 0.2) is 6.10 Å². The number of methoxy groups -OCH3 is 2. The molecule has 2 rings (SSSR count). The quantitative estimate of drug-likeness (QED) is 0.597. The maximum absolute atomic E-state index is 13.0. The van der Waals surface area contributed by atoms with Gasteiger partial charge in [-0.3, -0.25) is 10.0 Å². The minimum atomic E-state index is -1.34. The molecule has 1 aliphatic heterocycles. The Balaban J connectivity index is 2.48. The van der Waals surface area contributed by atoms with E-state index >= 15 is 0 Å². The van der Waals surface area contributed by atoms with Crippen LogP contribution in [0, 0.1) is 11.0 Å². The molecule has 1 aliphatic rings. The summed E-state index contributed by atoms with van der Waals surface area (Å²) in [5, 5.41) is 11.7. The molecule has 8 heteroatoms. The molecule has 0 spiro atoms. The van der Waals surface area contributed by atoms with Crippen molar-refractivity contribution in [2.75, 3.05) is 14.2 Å². The van der Waals surface area contributed by atoms with Gasteiger partial charge in [0.25, 0.3) is 0 Å². The van der Waals surface area contributed by atoms with Crippen molar-refractivity contribution in [3.63, 3.8) is 0 Å². The maximum atomic E-state index is 13.0. The van der Waals surface area contributed by atoms with Gasteiger partial charge in [0, 0.05) is 0 Å². The Kier molecular flexibility index (Phi) is 4.06. The van der Waals surface area contributed by atoms with E-state index in [0.29, 0.717) is 5.56 Å². The van der Waals surface area contributed by atoms with Gasteiger partial charge in [-0.05, 0) is 17.7 Å². The van der Waals surface area contributed by atoms with E-state index in [9.17, 15) is 19.2 Å². The second kappa shape index (κ2) is 5.78. The number of halogens is 1. The van der Waals surface area contributed by atoms with Crippen molar-refractivity contribution in [1.82, 2.24) is 0 Å². The Hall–Kier alpha value is -2.64. The van der Waals surface area contributed by atoms with Crippen molar-refractivity contribution in [2.24, 2.45) is 0 Å². The number of carbonyl (C=O) groups is 2. The summed E-state index contributed by atoms with van der Waals surface area (Å²) in [6.45, 7) is 0. The molecular weight excluding hydrogens is 285 g/mol. The summed E-state index contributed by atoms with van der Waals surface area (Å²) in [4.78, 5) is 28.2. The molecule has 112 valence electrons. The molecule has 0 unspecified atom stereocenters. The Morgan fingerprint density at radius 3 is 2.38 bits per heavy atom. The lowest BCUT2D eigenvalue weighted by atomic mass is 9.89. The number of esters is 2. The number of hydrogen-bond donors (Lipinski definition) is 0. The third kappa shape index (κ3) is 2.64. The fourth-order valence-electron chi connectivity index (χ4n) is 2.08. The molecule has 1 heterocycles. The van der Waals surface area contributed by atoms with E-state index in [0.717, 1.165) is 26.4 Å². The lowest BCUT2D eigenvalue weighted by Gasteiger charge is -2.16. The molecule has 0 radical (unpaired) electrons. The van der Waals surface area contributed by atoms with Crippen molar-refractivity contribution in [3.8, 4) is 0 Å². The Morgan fingerprint density at radius 1 is 1.24 bits per heavy atom. The largest absolute Gasteiger partial charge is 0.468 e. The van der Waals surface area contributed by atoms with Crippen LogP contribution in [-0.4, -0.2) is 42.9 Å². The van der Waals surface area contributed by atoms with Gasteiger partial charge in [0.05, 0.1) is 19.1 Å². The second-order valence-electron chi connectivity index (χ2n) is 4.21. The molecule has 1 aromatic rings. The van der Waals surface area contributed by atoms with Crippen LogP contribution in [0.3, 0.4) is 0 Å². The zero-order chi connectivity index (χ0) is 15.6. The number of benzene rings is 1. The summed E-state index contributed by atoms with van der Waals surface area (Å²) < 4.78 is 22.1. The molecule has 0 amide bonds. The van der Waals surface area contributed by atoms with Gasteiger partial charge >= 0.3 is 17.7 Å². The average molecular weight is 297 g/mol. The highest BCUT2D eigenvalue weighted by molar-refractivity contribution is 6.37. The summed E-state index contributed by atoms with van der Waals surface area (Å²) in [5.74, 6) is -3.30. The van der Waals surface area contributed by atoms with E-state index in [1.165, 1.54) is 12.1 Å². The molecule has 0 aromatic heterocycles. The van der Waals surface area contributed by atoms with E-state index < -0.39 is 35.5 Å². The molecule has 1 aromatic carbocycles. The number of ether oxygens (including phenoxy) is 2. The number of rotatable bonds is 3. The molecule has 0 aliphatic carbocycles. The van der Waals surface area contributed by atoms with Crippen LogP contribution < -0.4 is 0 Å². The van der Waals surface area contributed by atoms with E-state index in [2.05, 4.69) is 9.47 Å². The predicted molar refractivity (Wildman–Crippen MR) is 66.7 cm³/mol. The highest BCUT2D eigenvalue weighted by Gasteiger charge is 2.50. The zero-order valence-corrected chi connectivity index (χ0v) is 11.2. The number of hydrogen-bond acceptors (Lipinski definition) is 6. The maximum Gasteiger partial charge on any atom is 0.405 e. The van der Waals surface area contributed by atoms with Crippen molar-refractivity contribution >= 4 is 17.7 Å². The molecule has 0 fully saturated rings. The smallest absolute Gasteiger partial charge is 0.405 e. The zero-order valence-electron chi connectivity index (χ0n) is 11.2. The van der Waals surface area contributed by atoms with Crippen LogP contribution in [0.5, 0.6) is 0 Å². The van der Waals surface area contributed by atoms with Gasteiger partial charge in [-0.25, -0.2) is 9.18 Å². The molecule has 21 heavy (non-hydrogen) atoms. The van der Waals surface area contributed by atoms with Crippen LogP contribution in [0.4, 0.5) is 4.39 Å². The van der Waals surface area contributed by atoms with Gasteiger partial charge in [0.1, 0.15) is 11.7 Å². The first kappa shape index (κ1) is 14.8. The van der Waals surface area contributed by atoms with Crippen molar-refractivity contribution < 1.29 is 33.2 Å². The predicted octanol–water partition coefficient (Wildman–Crippen LogP) is 0.520. The average Bonchev–Trinajstić information content (AvgIpc) is 2.84. The minimum Gasteiger partial charge on any atom is -0.468 e. The van der Waals surface area contributed by atoms with Gasteiger partial charge in [-0.1, -0.05) is 12.1 Å². The molecule has 7 nitrogen and oxygen atoms in total. The molecular formula is C13H12FNO6. The first-order valence-electron chi connectivity index (χ1n) is 5.92. The topological polar surface area (TPSA) is 87.9 Å². The first-order chi connectivity index (χ1) is 9.99. The molecule has 0 bridgehead atoms. The third-order valence-corrected chi connectivity index (χ3v) is 3.06. The fourth-order valence-corrected chi connectivity index (χ4v) is 2.08. The van der Waals surface area contributed by atoms with Crippen LogP contribution in [0.25, 0.3) is 0 Å². The number of nitrogens with zero attached hydrogens (tertiary/aromatic N) is 1. The van der Waals surface area contributed by atoms with Crippen molar-refractivity contribution in [2.45, 2.75) is 12.0 Å². The SMILES string of the molecule is COC(=O)C1=[N+]([O-])O[C@@H](C(=O)OC)[C@H]1c1ccc(F)cc1. The Morgan fingerprint density at radius 2 is 1.86 bits per heavy atom. The summed E-state index contributed by atoms with van der Waals surface area (Å²) in [6.07, 6.45) is -1.34. The van der Waals surface area contributed by atoms with Crippen LogP contribution >= 0.6 is 0 Å². The molecule has 0 saturated carbocycles. The van der Waals surface area contributed by atoms with Crippen LogP contribution in [0.2, 0.25) is 0 Å². The standard InChI is InChI=1S/C13H12FNO6/c1-19-12(16)10-9(7-3-5-8(14)6-4-7)11(13(17)20-2)21-15(10)18/h3-6,9,11H,1-2H3/t9-,11+/m0/s1. The summed E-state index contributed by atoms with van der Waals surface area (Å²) in [7, 11) is 2.22. The van der Waals surface area contributed by atoms with Gasteiger partial charge in [-0.15, -0.1) is 0 Å². The van der Waals surface area contributed by atoms with Gasteiger partial charge in [-0.2, -0.15) is 0 Å². The Bertz CT molecular complexity index is 597. The van der Waals surface area contributed by atoms with Gasteiger partial charge < -0.3 is 14.3 Å². The van der Waals surface area contributed by atoms with E-state index in [4.69, 9.17) is 4.84 Å². The van der Waals surface area contributed by atoms with E-state index in [1.807, 2.05) is 0 Å². The summed E-state index contributed by atoms with van der Waals surface area (Å²) in [5.41, 5.74) is -0.0509. The van der Waals surface area contributed by atoms with E-state index in [-0.39, 0.29) is 4.90 Å². The van der Waals surface area contributed by atoms with Gasteiger partial charge in [0.2, 0.25) is 0 Å². The highest BCUT2D eigenvalue weighted by Crippen LogP contribution is 2.30. The third-order valence-electron chi connectivity index (χ3n) is 3.06. The van der Waals surface area contributed by atoms with Crippen LogP contribution in [0.15, 0.2) is 24.3 Å². The van der Waals surface area contributed by atoms with E-state index in [1.54, 1.807) is 0 Å². The van der Waals surface area contributed by atoms with Crippen molar-refractivity contribution in [1.29, 1.82) is 0 Å². The van der Waals surface area contributed by atoms with Crippen molar-refractivity contribution in [3.05, 3.63) is 40.9 Å². The lowest BCUT2D eigenvalue weighted by molar-refractivity contribution is -0.736. The normalized spacial score (nSPS) is 20.9.